The monoisotopic (exact) mass is 492 g/mol. The van der Waals surface area contributed by atoms with Gasteiger partial charge in [0.2, 0.25) is 15.9 Å². The minimum Gasteiger partial charge on any atom is -0.336 e. The second-order valence-electron chi connectivity index (χ2n) is 8.06. The minimum absolute atomic E-state index is 0.0701. The second-order valence-corrected chi connectivity index (χ2v) is 10.6. The van der Waals surface area contributed by atoms with Crippen molar-refractivity contribution in [1.82, 2.24) is 14.1 Å². The van der Waals surface area contributed by atoms with Crippen molar-refractivity contribution >= 4 is 39.1 Å². The van der Waals surface area contributed by atoms with E-state index in [0.29, 0.717) is 26.2 Å². The molecule has 0 unspecified atom stereocenters. The average Bonchev–Trinajstić information content (AvgIpc) is 2.79. The topological polar surface area (TPSA) is 90.0 Å². The van der Waals surface area contributed by atoms with Gasteiger partial charge in [-0.25, -0.2) is 12.7 Å². The molecule has 1 fully saturated rings. The molecule has 1 saturated heterocycles. The maximum atomic E-state index is 13.0. The first-order chi connectivity index (χ1) is 15.6. The number of hydrogen-bond donors (Lipinski definition) is 1. The summed E-state index contributed by atoms with van der Waals surface area (Å²) >= 11 is 6.08. The predicted octanol–water partition coefficient (Wildman–Crippen LogP) is 2.55. The van der Waals surface area contributed by atoms with Crippen molar-refractivity contribution in [3.63, 3.8) is 0 Å². The van der Waals surface area contributed by atoms with Crippen LogP contribution in [0.4, 0.5) is 5.69 Å². The van der Waals surface area contributed by atoms with E-state index in [1.54, 1.807) is 4.90 Å². The Kier molecular flexibility index (Phi) is 8.12. The number of amides is 2. The van der Waals surface area contributed by atoms with Crippen LogP contribution < -0.4 is 5.32 Å². The maximum absolute atomic E-state index is 13.0. The van der Waals surface area contributed by atoms with E-state index in [2.05, 4.69) is 5.32 Å². The lowest BCUT2D eigenvalue weighted by Gasteiger charge is -2.34. The molecule has 8 nitrogen and oxygen atoms in total. The summed E-state index contributed by atoms with van der Waals surface area (Å²) in [5, 5.41) is 3.04. The number of rotatable bonds is 7. The van der Waals surface area contributed by atoms with Gasteiger partial charge in [0.15, 0.2) is 0 Å². The number of benzene rings is 2. The summed E-state index contributed by atoms with van der Waals surface area (Å²) in [4.78, 5) is 29.0. The molecule has 1 N–H and O–H groups in total. The Balaban J connectivity index is 1.60. The Bertz CT molecular complexity index is 1130. The SMILES string of the molecule is CCc1ccccc1NC(=O)CN1CCN(C(=O)c2ccc(Cl)c(S(=O)(=O)N(C)C)c2)CC1. The molecule has 2 aromatic rings. The van der Waals surface area contributed by atoms with Gasteiger partial charge < -0.3 is 10.2 Å². The number of para-hydroxylation sites is 1. The molecule has 0 spiro atoms. The number of carbonyl (C=O) groups excluding carboxylic acids is 2. The molecule has 1 heterocycles. The van der Waals surface area contributed by atoms with Gasteiger partial charge in [-0.2, -0.15) is 0 Å². The maximum Gasteiger partial charge on any atom is 0.253 e. The van der Waals surface area contributed by atoms with Gasteiger partial charge in [-0.05, 0) is 36.2 Å². The summed E-state index contributed by atoms with van der Waals surface area (Å²) in [5.41, 5.74) is 2.17. The van der Waals surface area contributed by atoms with Gasteiger partial charge in [0.05, 0.1) is 11.6 Å². The van der Waals surface area contributed by atoms with Gasteiger partial charge in [0.1, 0.15) is 4.90 Å². The van der Waals surface area contributed by atoms with E-state index in [0.717, 1.165) is 22.0 Å². The highest BCUT2D eigenvalue weighted by Gasteiger charge is 2.26. The predicted molar refractivity (Wildman–Crippen MR) is 129 cm³/mol. The van der Waals surface area contributed by atoms with Crippen LogP contribution in [-0.4, -0.2) is 81.2 Å². The van der Waals surface area contributed by atoms with Gasteiger partial charge in [-0.15, -0.1) is 0 Å². The number of halogens is 1. The molecule has 0 bridgehead atoms. The number of aryl methyl sites for hydroxylation is 1. The van der Waals surface area contributed by atoms with Crippen molar-refractivity contribution in [3.8, 4) is 0 Å². The van der Waals surface area contributed by atoms with Crippen molar-refractivity contribution in [2.75, 3.05) is 52.1 Å². The largest absolute Gasteiger partial charge is 0.336 e. The standard InChI is InChI=1S/C23H29ClN4O4S/c1-4-17-7-5-6-8-20(17)25-22(29)16-27-11-13-28(14-12-27)23(30)18-9-10-19(24)21(15-18)33(31,32)26(2)3/h5-10,15H,4,11-14,16H2,1-3H3,(H,25,29). The highest BCUT2D eigenvalue weighted by atomic mass is 35.5. The molecule has 0 saturated carbocycles. The summed E-state index contributed by atoms with van der Waals surface area (Å²) in [6.07, 6.45) is 0.833. The van der Waals surface area contributed by atoms with Crippen LogP contribution in [-0.2, 0) is 21.2 Å². The van der Waals surface area contributed by atoms with Gasteiger partial charge in [-0.3, -0.25) is 14.5 Å². The molecule has 0 aliphatic carbocycles. The Morgan fingerprint density at radius 2 is 1.73 bits per heavy atom. The van der Waals surface area contributed by atoms with Gasteiger partial charge in [0, 0.05) is 51.5 Å². The summed E-state index contributed by atoms with van der Waals surface area (Å²) in [6.45, 7) is 4.26. The van der Waals surface area contributed by atoms with E-state index >= 15 is 0 Å². The van der Waals surface area contributed by atoms with Gasteiger partial charge in [0.25, 0.3) is 5.91 Å². The van der Waals surface area contributed by atoms with E-state index in [-0.39, 0.29) is 33.8 Å². The minimum atomic E-state index is -3.77. The third-order valence-corrected chi connectivity index (χ3v) is 7.93. The molecular formula is C23H29ClN4O4S. The van der Waals surface area contributed by atoms with Crippen molar-refractivity contribution in [2.24, 2.45) is 0 Å². The van der Waals surface area contributed by atoms with Gasteiger partial charge in [-0.1, -0.05) is 36.7 Å². The van der Waals surface area contributed by atoms with Crippen LogP contribution in [0.5, 0.6) is 0 Å². The van der Waals surface area contributed by atoms with Crippen molar-refractivity contribution in [3.05, 3.63) is 58.6 Å². The lowest BCUT2D eigenvalue weighted by molar-refractivity contribution is -0.117. The Labute approximate surface area is 200 Å². The third-order valence-electron chi connectivity index (χ3n) is 5.64. The molecule has 0 atom stereocenters. The Morgan fingerprint density at radius 3 is 2.36 bits per heavy atom. The first-order valence-corrected chi connectivity index (χ1v) is 12.6. The molecule has 0 radical (unpaired) electrons. The third kappa shape index (κ3) is 5.92. The van der Waals surface area contributed by atoms with Crippen LogP contribution in [0.2, 0.25) is 5.02 Å². The Hall–Kier alpha value is -2.46. The van der Waals surface area contributed by atoms with E-state index in [1.165, 1.54) is 32.3 Å². The normalized spacial score (nSPS) is 15.0. The number of hydrogen-bond acceptors (Lipinski definition) is 5. The zero-order chi connectivity index (χ0) is 24.2. The second kappa shape index (κ2) is 10.6. The number of piperazine rings is 1. The summed E-state index contributed by atoms with van der Waals surface area (Å²) in [5.74, 6) is -0.352. The lowest BCUT2D eigenvalue weighted by Crippen LogP contribution is -2.50. The van der Waals surface area contributed by atoms with Gasteiger partial charge >= 0.3 is 0 Å². The van der Waals surface area contributed by atoms with Crippen LogP contribution in [0.25, 0.3) is 0 Å². The van der Waals surface area contributed by atoms with Crippen molar-refractivity contribution < 1.29 is 18.0 Å². The number of nitrogens with zero attached hydrogens (tertiary/aromatic N) is 3. The molecule has 10 heteroatoms. The zero-order valence-corrected chi connectivity index (χ0v) is 20.6. The fraction of sp³-hybridized carbons (Fsp3) is 0.391. The van der Waals surface area contributed by atoms with E-state index in [4.69, 9.17) is 11.6 Å². The number of carbonyl (C=O) groups is 2. The highest BCUT2D eigenvalue weighted by Crippen LogP contribution is 2.25. The van der Waals surface area contributed by atoms with E-state index < -0.39 is 10.0 Å². The smallest absolute Gasteiger partial charge is 0.253 e. The van der Waals surface area contributed by atoms with Crippen LogP contribution in [0, 0.1) is 0 Å². The molecule has 33 heavy (non-hydrogen) atoms. The van der Waals surface area contributed by atoms with E-state index in [1.807, 2.05) is 36.1 Å². The summed E-state index contributed by atoms with van der Waals surface area (Å²) in [6, 6.07) is 12.0. The Morgan fingerprint density at radius 1 is 1.06 bits per heavy atom. The number of nitrogens with one attached hydrogen (secondary N) is 1. The number of anilines is 1. The lowest BCUT2D eigenvalue weighted by atomic mass is 10.1. The summed E-state index contributed by atoms with van der Waals surface area (Å²) < 4.78 is 26.0. The molecule has 1 aliphatic rings. The first kappa shape index (κ1) is 25.2. The van der Waals surface area contributed by atoms with Crippen LogP contribution in [0.1, 0.15) is 22.8 Å². The molecular weight excluding hydrogens is 464 g/mol. The summed E-state index contributed by atoms with van der Waals surface area (Å²) in [7, 11) is -0.943. The van der Waals surface area contributed by atoms with Crippen LogP contribution in [0.3, 0.4) is 0 Å². The van der Waals surface area contributed by atoms with Crippen LogP contribution in [0.15, 0.2) is 47.4 Å². The first-order valence-electron chi connectivity index (χ1n) is 10.7. The molecule has 3 rings (SSSR count). The molecule has 178 valence electrons. The average molecular weight is 493 g/mol. The highest BCUT2D eigenvalue weighted by molar-refractivity contribution is 7.89. The number of sulfonamides is 1. The fourth-order valence-corrected chi connectivity index (χ4v) is 5.06. The fourth-order valence-electron chi connectivity index (χ4n) is 3.67. The molecule has 2 aromatic carbocycles. The van der Waals surface area contributed by atoms with Crippen LogP contribution >= 0.6 is 11.6 Å². The van der Waals surface area contributed by atoms with E-state index in [9.17, 15) is 18.0 Å². The van der Waals surface area contributed by atoms with Crippen molar-refractivity contribution in [1.29, 1.82) is 0 Å². The molecule has 0 aromatic heterocycles. The molecule has 2 amide bonds. The quantitative estimate of drug-likeness (QED) is 0.641. The zero-order valence-electron chi connectivity index (χ0n) is 19.0. The van der Waals surface area contributed by atoms with Crippen molar-refractivity contribution in [2.45, 2.75) is 18.2 Å². The molecule has 1 aliphatic heterocycles.